The molecule has 0 amide bonds. The van der Waals surface area contributed by atoms with Gasteiger partial charge in [0.15, 0.2) is 0 Å². The van der Waals surface area contributed by atoms with E-state index in [9.17, 15) is 12.8 Å². The Bertz CT molecular complexity index is 560. The van der Waals surface area contributed by atoms with E-state index >= 15 is 0 Å². The molecule has 0 radical (unpaired) electrons. The van der Waals surface area contributed by atoms with Crippen molar-refractivity contribution in [3.05, 3.63) is 29.6 Å². The molecule has 0 heterocycles. The van der Waals surface area contributed by atoms with Gasteiger partial charge < -0.3 is 5.73 Å². The zero-order valence-corrected chi connectivity index (χ0v) is 11.7. The van der Waals surface area contributed by atoms with Crippen LogP contribution in [0.2, 0.25) is 0 Å². The zero-order chi connectivity index (χ0) is 14.0. The molecule has 2 atom stereocenters. The van der Waals surface area contributed by atoms with Crippen LogP contribution in [-0.2, 0) is 10.0 Å². The number of nitrogens with two attached hydrogens (primary N) is 1. The van der Waals surface area contributed by atoms with Crippen molar-refractivity contribution in [3.8, 4) is 0 Å². The highest BCUT2D eigenvalue weighted by molar-refractivity contribution is 7.89. The van der Waals surface area contributed by atoms with Crippen LogP contribution < -0.4 is 10.5 Å². The summed E-state index contributed by atoms with van der Waals surface area (Å²) in [5, 5.41) is 0. The molecule has 4 nitrogen and oxygen atoms in total. The fourth-order valence-electron chi connectivity index (χ4n) is 2.52. The fraction of sp³-hybridized carbons (Fsp3) is 0.538. The summed E-state index contributed by atoms with van der Waals surface area (Å²) >= 11 is 0. The third-order valence-corrected chi connectivity index (χ3v) is 5.15. The van der Waals surface area contributed by atoms with Crippen LogP contribution in [0.5, 0.6) is 0 Å². The normalized spacial score (nSPS) is 23.7. The maximum atomic E-state index is 13.0. The van der Waals surface area contributed by atoms with Gasteiger partial charge in [-0.15, -0.1) is 0 Å². The van der Waals surface area contributed by atoms with Crippen molar-refractivity contribution in [2.24, 2.45) is 11.7 Å². The summed E-state index contributed by atoms with van der Waals surface area (Å²) in [6, 6.07) is 3.86. The van der Waals surface area contributed by atoms with Gasteiger partial charge >= 0.3 is 0 Å². The Hall–Kier alpha value is -0.980. The smallest absolute Gasteiger partial charge is 0.240 e. The van der Waals surface area contributed by atoms with E-state index in [2.05, 4.69) is 4.72 Å². The van der Waals surface area contributed by atoms with Crippen molar-refractivity contribution in [1.29, 1.82) is 0 Å². The molecular formula is C13H19FN2O2S. The Morgan fingerprint density at radius 3 is 2.74 bits per heavy atom. The van der Waals surface area contributed by atoms with Crippen molar-refractivity contribution in [1.82, 2.24) is 4.72 Å². The van der Waals surface area contributed by atoms with Gasteiger partial charge in [-0.05, 0) is 55.9 Å². The standard InChI is InChI=1S/C13H19FN2O2S/c1-9-6-11(14)3-5-13(9)19(17,18)16-8-10-2-4-12(15)7-10/h3,5-6,10,12,16H,2,4,7-8,15H2,1H3. The average molecular weight is 286 g/mol. The van der Waals surface area contributed by atoms with Crippen LogP contribution in [0, 0.1) is 18.7 Å². The first-order valence-corrected chi connectivity index (χ1v) is 7.88. The van der Waals surface area contributed by atoms with E-state index < -0.39 is 15.8 Å². The van der Waals surface area contributed by atoms with Gasteiger partial charge in [0.2, 0.25) is 10.0 Å². The molecule has 1 aromatic carbocycles. The highest BCUT2D eigenvalue weighted by atomic mass is 32.2. The number of benzene rings is 1. The van der Waals surface area contributed by atoms with Crippen LogP contribution >= 0.6 is 0 Å². The van der Waals surface area contributed by atoms with Gasteiger partial charge in [-0.3, -0.25) is 0 Å². The number of hydrogen-bond donors (Lipinski definition) is 2. The predicted molar refractivity (Wildman–Crippen MR) is 71.6 cm³/mol. The molecule has 19 heavy (non-hydrogen) atoms. The molecule has 0 aromatic heterocycles. The number of nitrogens with one attached hydrogen (secondary N) is 1. The Balaban J connectivity index is 2.06. The topological polar surface area (TPSA) is 72.2 Å². The van der Waals surface area contributed by atoms with Crippen molar-refractivity contribution >= 4 is 10.0 Å². The lowest BCUT2D eigenvalue weighted by Crippen LogP contribution is -2.29. The molecule has 0 saturated heterocycles. The van der Waals surface area contributed by atoms with E-state index in [1.807, 2.05) is 0 Å². The monoisotopic (exact) mass is 286 g/mol. The minimum atomic E-state index is -3.57. The first-order chi connectivity index (χ1) is 8.88. The van der Waals surface area contributed by atoms with E-state index in [0.717, 1.165) is 25.3 Å². The average Bonchev–Trinajstić information content (AvgIpc) is 2.72. The number of rotatable bonds is 4. The molecule has 1 aromatic rings. The van der Waals surface area contributed by atoms with Crippen LogP contribution in [0.15, 0.2) is 23.1 Å². The zero-order valence-electron chi connectivity index (χ0n) is 10.9. The number of halogens is 1. The van der Waals surface area contributed by atoms with Gasteiger partial charge in [-0.2, -0.15) is 0 Å². The molecule has 0 spiro atoms. The summed E-state index contributed by atoms with van der Waals surface area (Å²) in [4.78, 5) is 0.135. The largest absolute Gasteiger partial charge is 0.328 e. The number of sulfonamides is 1. The molecule has 3 N–H and O–H groups in total. The summed E-state index contributed by atoms with van der Waals surface area (Å²) in [5.74, 6) is -0.135. The van der Waals surface area contributed by atoms with Crippen molar-refractivity contribution in [2.45, 2.75) is 37.1 Å². The number of aryl methyl sites for hydroxylation is 1. The maximum Gasteiger partial charge on any atom is 0.240 e. The second-order valence-corrected chi connectivity index (χ2v) is 6.94. The summed E-state index contributed by atoms with van der Waals surface area (Å²) in [5.41, 5.74) is 6.21. The van der Waals surface area contributed by atoms with Crippen LogP contribution in [-0.4, -0.2) is 21.0 Å². The van der Waals surface area contributed by atoms with Crippen molar-refractivity contribution in [2.75, 3.05) is 6.54 Å². The van der Waals surface area contributed by atoms with E-state index in [1.54, 1.807) is 6.92 Å². The molecule has 1 aliphatic rings. The molecule has 0 aliphatic heterocycles. The lowest BCUT2D eigenvalue weighted by Gasteiger charge is -2.13. The molecule has 1 aliphatic carbocycles. The minimum absolute atomic E-state index is 0.135. The van der Waals surface area contributed by atoms with Gasteiger partial charge in [0, 0.05) is 12.6 Å². The van der Waals surface area contributed by atoms with Gasteiger partial charge in [-0.25, -0.2) is 17.5 Å². The summed E-state index contributed by atoms with van der Waals surface area (Å²) in [6.45, 7) is 1.98. The van der Waals surface area contributed by atoms with Crippen LogP contribution in [0.25, 0.3) is 0 Å². The number of hydrogen-bond acceptors (Lipinski definition) is 3. The highest BCUT2D eigenvalue weighted by Gasteiger charge is 2.24. The first kappa shape index (κ1) is 14.4. The van der Waals surface area contributed by atoms with Gasteiger partial charge in [0.1, 0.15) is 5.82 Å². The predicted octanol–water partition coefficient (Wildman–Crippen LogP) is 1.54. The minimum Gasteiger partial charge on any atom is -0.328 e. The second-order valence-electron chi connectivity index (χ2n) is 5.20. The van der Waals surface area contributed by atoms with Crippen LogP contribution in [0.3, 0.4) is 0 Å². The molecule has 1 fully saturated rings. The van der Waals surface area contributed by atoms with Crippen LogP contribution in [0.1, 0.15) is 24.8 Å². The Kier molecular flexibility index (Phi) is 4.23. The Morgan fingerprint density at radius 2 is 2.16 bits per heavy atom. The first-order valence-electron chi connectivity index (χ1n) is 6.40. The molecule has 2 unspecified atom stereocenters. The van der Waals surface area contributed by atoms with Crippen molar-refractivity contribution in [3.63, 3.8) is 0 Å². The third kappa shape index (κ3) is 3.52. The Labute approximate surface area is 113 Å². The fourth-order valence-corrected chi connectivity index (χ4v) is 3.86. The van der Waals surface area contributed by atoms with E-state index in [0.29, 0.717) is 18.0 Å². The molecule has 2 rings (SSSR count). The SMILES string of the molecule is Cc1cc(F)ccc1S(=O)(=O)NCC1CCC(N)C1. The third-order valence-electron chi connectivity index (χ3n) is 3.57. The molecule has 6 heteroatoms. The molecule has 0 bridgehead atoms. The van der Waals surface area contributed by atoms with Crippen LogP contribution in [0.4, 0.5) is 4.39 Å². The maximum absolute atomic E-state index is 13.0. The second kappa shape index (κ2) is 5.56. The van der Waals surface area contributed by atoms with E-state index in [-0.39, 0.29) is 10.9 Å². The lowest BCUT2D eigenvalue weighted by molar-refractivity contribution is 0.512. The summed E-state index contributed by atoms with van der Waals surface area (Å²) in [7, 11) is -3.57. The molecule has 1 saturated carbocycles. The lowest BCUT2D eigenvalue weighted by atomic mass is 10.1. The summed E-state index contributed by atoms with van der Waals surface area (Å²) in [6.07, 6.45) is 2.75. The van der Waals surface area contributed by atoms with E-state index in [1.165, 1.54) is 12.1 Å². The van der Waals surface area contributed by atoms with Crippen molar-refractivity contribution < 1.29 is 12.8 Å². The van der Waals surface area contributed by atoms with Gasteiger partial charge in [-0.1, -0.05) is 0 Å². The molecule has 106 valence electrons. The highest BCUT2D eigenvalue weighted by Crippen LogP contribution is 2.24. The van der Waals surface area contributed by atoms with E-state index in [4.69, 9.17) is 5.73 Å². The van der Waals surface area contributed by atoms with Gasteiger partial charge in [0.25, 0.3) is 0 Å². The molecular weight excluding hydrogens is 267 g/mol. The summed E-state index contributed by atoms with van der Waals surface area (Å²) < 4.78 is 39.8. The van der Waals surface area contributed by atoms with Gasteiger partial charge in [0.05, 0.1) is 4.90 Å². The quantitative estimate of drug-likeness (QED) is 0.882. The Morgan fingerprint density at radius 1 is 1.42 bits per heavy atom.